The number of hydrogen-bond acceptors (Lipinski definition) is 8. The SMILES string of the molecule is CC[C@H](C)CC(=O)NC(C[C@@H](OC(C)=O)c1nc(C(=O)N[C@@H](Cc2ccccc2)C[C@H](C)C(=O)OC)cs1)C(C)C. The van der Waals surface area contributed by atoms with Gasteiger partial charge in [-0.1, -0.05) is 71.4 Å². The fourth-order valence-corrected chi connectivity index (χ4v) is 5.31. The summed E-state index contributed by atoms with van der Waals surface area (Å²) in [6, 6.07) is 9.14. The van der Waals surface area contributed by atoms with Gasteiger partial charge in [0, 0.05) is 37.2 Å². The molecule has 10 heteroatoms. The van der Waals surface area contributed by atoms with E-state index in [0.29, 0.717) is 30.7 Å². The van der Waals surface area contributed by atoms with Gasteiger partial charge in [0.15, 0.2) is 6.10 Å². The van der Waals surface area contributed by atoms with Gasteiger partial charge in [0.1, 0.15) is 10.7 Å². The van der Waals surface area contributed by atoms with Crippen molar-refractivity contribution in [3.63, 3.8) is 0 Å². The second kappa shape index (κ2) is 16.9. The first-order valence-corrected chi connectivity index (χ1v) is 15.2. The van der Waals surface area contributed by atoms with Gasteiger partial charge in [0.05, 0.1) is 13.0 Å². The third kappa shape index (κ3) is 11.6. The zero-order valence-electron chi connectivity index (χ0n) is 25.3. The third-order valence-electron chi connectivity index (χ3n) is 7.09. The van der Waals surface area contributed by atoms with Crippen molar-refractivity contribution in [2.75, 3.05) is 7.11 Å². The van der Waals surface area contributed by atoms with E-state index < -0.39 is 18.0 Å². The summed E-state index contributed by atoms with van der Waals surface area (Å²) in [6.45, 7) is 11.2. The Labute approximate surface area is 247 Å². The van der Waals surface area contributed by atoms with Crippen LogP contribution in [0.15, 0.2) is 35.7 Å². The predicted molar refractivity (Wildman–Crippen MR) is 159 cm³/mol. The number of aromatic nitrogens is 1. The summed E-state index contributed by atoms with van der Waals surface area (Å²) in [6.07, 6.45) is 1.90. The van der Waals surface area contributed by atoms with Crippen LogP contribution in [-0.2, 0) is 30.3 Å². The van der Waals surface area contributed by atoms with Gasteiger partial charge < -0.3 is 20.1 Å². The standard InChI is InChI=1S/C31H45N3O6S/c1-8-20(4)14-28(36)33-25(19(2)3)17-27(40-22(6)35)30-34-26(18-41-30)29(37)32-24(15-21(5)31(38)39-7)16-23-12-10-9-11-13-23/h9-13,18-21,24-25,27H,8,14-17H2,1-7H3,(H,32,37)(H,33,36)/t20-,21-,24+,25?,27+/m0/s1. The zero-order chi connectivity index (χ0) is 30.5. The molecule has 1 aromatic heterocycles. The fourth-order valence-electron chi connectivity index (χ4n) is 4.47. The van der Waals surface area contributed by atoms with Crippen LogP contribution < -0.4 is 10.6 Å². The van der Waals surface area contributed by atoms with Gasteiger partial charge in [-0.3, -0.25) is 19.2 Å². The molecule has 0 saturated carbocycles. The van der Waals surface area contributed by atoms with Crippen LogP contribution in [0.1, 0.15) is 94.4 Å². The van der Waals surface area contributed by atoms with Crippen molar-refractivity contribution >= 4 is 35.1 Å². The number of thiazole rings is 1. The van der Waals surface area contributed by atoms with Gasteiger partial charge in [-0.05, 0) is 30.2 Å². The lowest BCUT2D eigenvalue weighted by Gasteiger charge is -2.26. The molecule has 5 atom stereocenters. The minimum absolute atomic E-state index is 0.0375. The highest BCUT2D eigenvalue weighted by Gasteiger charge is 2.29. The summed E-state index contributed by atoms with van der Waals surface area (Å²) in [5.41, 5.74) is 1.23. The van der Waals surface area contributed by atoms with Crippen LogP contribution in [0.5, 0.6) is 0 Å². The quantitative estimate of drug-likeness (QED) is 0.257. The summed E-state index contributed by atoms with van der Waals surface area (Å²) in [5.74, 6) is -1.27. The molecule has 2 amide bonds. The molecule has 0 aliphatic carbocycles. The molecule has 9 nitrogen and oxygen atoms in total. The minimum Gasteiger partial charge on any atom is -0.469 e. The number of amides is 2. The van der Waals surface area contributed by atoms with Crippen molar-refractivity contribution in [2.45, 2.75) is 91.8 Å². The topological polar surface area (TPSA) is 124 Å². The molecule has 2 aromatic rings. The average Bonchev–Trinajstić information content (AvgIpc) is 3.42. The van der Waals surface area contributed by atoms with Crippen LogP contribution >= 0.6 is 11.3 Å². The van der Waals surface area contributed by atoms with Gasteiger partial charge in [-0.2, -0.15) is 0 Å². The van der Waals surface area contributed by atoms with Crippen molar-refractivity contribution in [1.82, 2.24) is 15.6 Å². The Kier molecular flexibility index (Phi) is 14.0. The molecule has 0 radical (unpaired) electrons. The number of carbonyl (C=O) groups is 4. The van der Waals surface area contributed by atoms with Crippen molar-refractivity contribution in [3.8, 4) is 0 Å². The fraction of sp³-hybridized carbons (Fsp3) is 0.581. The molecule has 0 spiro atoms. The number of benzene rings is 1. The first kappa shape index (κ1) is 33.9. The average molecular weight is 588 g/mol. The third-order valence-corrected chi connectivity index (χ3v) is 8.03. The summed E-state index contributed by atoms with van der Waals surface area (Å²) in [7, 11) is 1.35. The van der Waals surface area contributed by atoms with E-state index in [0.717, 1.165) is 12.0 Å². The normalized spacial score (nSPS) is 14.8. The van der Waals surface area contributed by atoms with Gasteiger partial charge in [-0.15, -0.1) is 11.3 Å². The van der Waals surface area contributed by atoms with Crippen molar-refractivity contribution < 1.29 is 28.7 Å². The molecule has 1 heterocycles. The first-order valence-electron chi connectivity index (χ1n) is 14.3. The molecule has 2 rings (SSSR count). The van der Waals surface area contributed by atoms with Crippen LogP contribution in [0.3, 0.4) is 0 Å². The molecule has 0 bridgehead atoms. The van der Waals surface area contributed by atoms with Gasteiger partial charge in [-0.25, -0.2) is 4.98 Å². The van der Waals surface area contributed by atoms with Crippen LogP contribution in [0.2, 0.25) is 0 Å². The lowest BCUT2D eigenvalue weighted by molar-refractivity contribution is -0.147. The molecule has 2 N–H and O–H groups in total. The Morgan fingerprint density at radius 1 is 1.00 bits per heavy atom. The molecular weight excluding hydrogens is 542 g/mol. The number of ether oxygens (including phenoxy) is 2. The van der Waals surface area contributed by atoms with E-state index in [1.807, 2.05) is 51.1 Å². The number of hydrogen-bond donors (Lipinski definition) is 2. The van der Waals surface area contributed by atoms with E-state index >= 15 is 0 Å². The number of nitrogens with zero attached hydrogens (tertiary/aromatic N) is 1. The van der Waals surface area contributed by atoms with Gasteiger partial charge in [0.2, 0.25) is 5.91 Å². The second-order valence-corrected chi connectivity index (χ2v) is 12.0. The largest absolute Gasteiger partial charge is 0.469 e. The van der Waals surface area contributed by atoms with E-state index in [9.17, 15) is 19.2 Å². The highest BCUT2D eigenvalue weighted by molar-refractivity contribution is 7.09. The van der Waals surface area contributed by atoms with Crippen molar-refractivity contribution in [2.24, 2.45) is 17.8 Å². The van der Waals surface area contributed by atoms with Crippen LogP contribution in [0.25, 0.3) is 0 Å². The molecule has 41 heavy (non-hydrogen) atoms. The maximum absolute atomic E-state index is 13.3. The summed E-state index contributed by atoms with van der Waals surface area (Å²) < 4.78 is 10.5. The zero-order valence-corrected chi connectivity index (χ0v) is 26.1. The molecule has 1 aromatic carbocycles. The smallest absolute Gasteiger partial charge is 0.308 e. The molecule has 0 aliphatic heterocycles. The Balaban J connectivity index is 2.20. The number of carbonyl (C=O) groups excluding carboxylic acids is 4. The summed E-state index contributed by atoms with van der Waals surface area (Å²) >= 11 is 1.23. The lowest BCUT2D eigenvalue weighted by Crippen LogP contribution is -2.40. The Bertz CT molecular complexity index is 1140. The maximum Gasteiger partial charge on any atom is 0.308 e. The van der Waals surface area contributed by atoms with E-state index in [1.165, 1.54) is 25.4 Å². The van der Waals surface area contributed by atoms with Crippen LogP contribution in [0.4, 0.5) is 0 Å². The molecule has 1 unspecified atom stereocenters. The molecule has 0 fully saturated rings. The van der Waals surface area contributed by atoms with Crippen LogP contribution in [0, 0.1) is 17.8 Å². The maximum atomic E-state index is 13.3. The number of nitrogens with one attached hydrogen (secondary N) is 2. The minimum atomic E-state index is -0.713. The van der Waals surface area contributed by atoms with Crippen LogP contribution in [-0.4, -0.2) is 47.9 Å². The van der Waals surface area contributed by atoms with Crippen molar-refractivity contribution in [3.05, 3.63) is 52.0 Å². The molecule has 0 aliphatic rings. The Morgan fingerprint density at radius 3 is 2.27 bits per heavy atom. The van der Waals surface area contributed by atoms with E-state index in [2.05, 4.69) is 22.5 Å². The number of esters is 2. The Morgan fingerprint density at radius 2 is 1.68 bits per heavy atom. The Hall–Kier alpha value is -3.27. The summed E-state index contributed by atoms with van der Waals surface area (Å²) in [5, 5.41) is 8.24. The van der Waals surface area contributed by atoms with Gasteiger partial charge in [0.25, 0.3) is 5.91 Å². The predicted octanol–water partition coefficient (Wildman–Crippen LogP) is 5.25. The van der Waals surface area contributed by atoms with E-state index in [1.54, 1.807) is 12.3 Å². The van der Waals surface area contributed by atoms with E-state index in [4.69, 9.17) is 9.47 Å². The van der Waals surface area contributed by atoms with Crippen molar-refractivity contribution in [1.29, 1.82) is 0 Å². The monoisotopic (exact) mass is 587 g/mol. The molecule has 0 saturated heterocycles. The molecule has 226 valence electrons. The highest BCUT2D eigenvalue weighted by Crippen LogP contribution is 2.29. The molecular formula is C31H45N3O6S. The second-order valence-electron chi connectivity index (χ2n) is 11.1. The van der Waals surface area contributed by atoms with Gasteiger partial charge >= 0.3 is 11.9 Å². The number of methoxy groups -OCH3 is 1. The lowest BCUT2D eigenvalue weighted by atomic mass is 9.96. The van der Waals surface area contributed by atoms with E-state index in [-0.39, 0.29) is 47.4 Å². The highest BCUT2D eigenvalue weighted by atomic mass is 32.1. The first-order chi connectivity index (χ1) is 19.4. The number of rotatable bonds is 16. The summed E-state index contributed by atoms with van der Waals surface area (Å²) in [4.78, 5) is 54.5.